The second-order valence-electron chi connectivity index (χ2n) is 6.26. The lowest BCUT2D eigenvalue weighted by atomic mass is 10.1. The Labute approximate surface area is 155 Å². The van der Waals surface area contributed by atoms with Gasteiger partial charge < -0.3 is 14.2 Å². The van der Waals surface area contributed by atoms with Gasteiger partial charge in [0, 0.05) is 22.7 Å². The fourth-order valence-electron chi connectivity index (χ4n) is 3.29. The van der Waals surface area contributed by atoms with Crippen molar-refractivity contribution in [3.63, 3.8) is 0 Å². The standard InChI is InChI=1S/C20H19BrN2O2/c21-17-7-6-15-8-9-22(18(15)12-17)14-20(24)23-10-11-25-19(13-23)16-4-2-1-3-5-16/h1-9,12,19H,10-11,13-14H2/t19-/m1/s1. The zero-order valence-electron chi connectivity index (χ0n) is 13.8. The van der Waals surface area contributed by atoms with Crippen molar-refractivity contribution in [3.05, 3.63) is 70.8 Å². The minimum absolute atomic E-state index is 0.0468. The lowest BCUT2D eigenvalue weighted by molar-refractivity contribution is -0.139. The topological polar surface area (TPSA) is 34.5 Å². The smallest absolute Gasteiger partial charge is 0.242 e. The minimum atomic E-state index is -0.0468. The molecule has 3 aromatic rings. The third-order valence-corrected chi connectivity index (χ3v) is 5.13. The van der Waals surface area contributed by atoms with Crippen molar-refractivity contribution in [3.8, 4) is 0 Å². The van der Waals surface area contributed by atoms with Crippen LogP contribution in [0.2, 0.25) is 0 Å². The highest BCUT2D eigenvalue weighted by Gasteiger charge is 2.25. The van der Waals surface area contributed by atoms with Gasteiger partial charge in [-0.1, -0.05) is 52.3 Å². The number of morpholine rings is 1. The van der Waals surface area contributed by atoms with Crippen molar-refractivity contribution in [1.29, 1.82) is 0 Å². The maximum absolute atomic E-state index is 12.8. The number of carbonyl (C=O) groups excluding carboxylic acids is 1. The number of amides is 1. The summed E-state index contributed by atoms with van der Waals surface area (Å²) in [5.41, 5.74) is 2.19. The van der Waals surface area contributed by atoms with Crippen LogP contribution in [0.1, 0.15) is 11.7 Å². The minimum Gasteiger partial charge on any atom is -0.370 e. The summed E-state index contributed by atoms with van der Waals surface area (Å²) in [6.45, 7) is 2.17. The molecule has 0 radical (unpaired) electrons. The van der Waals surface area contributed by atoms with Gasteiger partial charge in [-0.05, 0) is 29.1 Å². The summed E-state index contributed by atoms with van der Waals surface area (Å²) < 4.78 is 8.88. The second kappa shape index (κ2) is 7.02. The number of hydrogen-bond donors (Lipinski definition) is 0. The van der Waals surface area contributed by atoms with Crippen LogP contribution in [0.3, 0.4) is 0 Å². The molecule has 1 aliphatic heterocycles. The Kier molecular flexibility index (Phi) is 4.59. The van der Waals surface area contributed by atoms with Gasteiger partial charge in [-0.2, -0.15) is 0 Å². The van der Waals surface area contributed by atoms with Crippen molar-refractivity contribution in [1.82, 2.24) is 9.47 Å². The van der Waals surface area contributed by atoms with Crippen molar-refractivity contribution in [2.45, 2.75) is 12.6 Å². The maximum atomic E-state index is 12.8. The summed E-state index contributed by atoms with van der Waals surface area (Å²) in [5.74, 6) is 0.127. The van der Waals surface area contributed by atoms with E-state index in [-0.39, 0.29) is 12.0 Å². The first-order chi connectivity index (χ1) is 12.2. The highest BCUT2D eigenvalue weighted by atomic mass is 79.9. The van der Waals surface area contributed by atoms with Crippen LogP contribution in [0, 0.1) is 0 Å². The Morgan fingerprint density at radius 3 is 2.84 bits per heavy atom. The monoisotopic (exact) mass is 398 g/mol. The molecule has 4 rings (SSSR count). The average molecular weight is 399 g/mol. The molecule has 1 atom stereocenters. The first-order valence-electron chi connectivity index (χ1n) is 8.39. The van der Waals surface area contributed by atoms with Crippen molar-refractivity contribution < 1.29 is 9.53 Å². The molecule has 128 valence electrons. The molecule has 1 saturated heterocycles. The largest absolute Gasteiger partial charge is 0.370 e. The van der Waals surface area contributed by atoms with Crippen LogP contribution in [0.15, 0.2) is 65.3 Å². The van der Waals surface area contributed by atoms with E-state index in [0.717, 1.165) is 20.9 Å². The van der Waals surface area contributed by atoms with Crippen LogP contribution in [-0.2, 0) is 16.1 Å². The van der Waals surface area contributed by atoms with E-state index in [1.807, 2.05) is 46.0 Å². The quantitative estimate of drug-likeness (QED) is 0.667. The van der Waals surface area contributed by atoms with E-state index in [2.05, 4.69) is 40.2 Å². The van der Waals surface area contributed by atoms with Crippen LogP contribution < -0.4 is 0 Å². The van der Waals surface area contributed by atoms with Gasteiger partial charge in [0.2, 0.25) is 5.91 Å². The summed E-state index contributed by atoms with van der Waals surface area (Å²) in [4.78, 5) is 14.7. The molecular weight excluding hydrogens is 380 g/mol. The molecule has 5 heteroatoms. The Balaban J connectivity index is 1.49. The van der Waals surface area contributed by atoms with Crippen molar-refractivity contribution in [2.75, 3.05) is 19.7 Å². The first-order valence-corrected chi connectivity index (χ1v) is 9.19. The molecule has 25 heavy (non-hydrogen) atoms. The van der Waals surface area contributed by atoms with Crippen LogP contribution in [0.25, 0.3) is 10.9 Å². The zero-order valence-corrected chi connectivity index (χ0v) is 15.4. The molecule has 4 nitrogen and oxygen atoms in total. The third kappa shape index (κ3) is 3.48. The van der Waals surface area contributed by atoms with Gasteiger partial charge >= 0.3 is 0 Å². The molecule has 2 aromatic carbocycles. The summed E-state index contributed by atoms with van der Waals surface area (Å²) in [6, 6.07) is 18.3. The molecule has 0 aliphatic carbocycles. The number of rotatable bonds is 3. The lowest BCUT2D eigenvalue weighted by Crippen LogP contribution is -2.43. The number of aromatic nitrogens is 1. The second-order valence-corrected chi connectivity index (χ2v) is 7.17. The molecule has 0 spiro atoms. The highest BCUT2D eigenvalue weighted by molar-refractivity contribution is 9.10. The molecule has 0 N–H and O–H groups in total. The Hall–Kier alpha value is -2.11. The SMILES string of the molecule is O=C(Cn1ccc2ccc(Br)cc21)N1CCO[C@@H](c2ccccc2)C1. The molecule has 0 saturated carbocycles. The van der Waals surface area contributed by atoms with Crippen LogP contribution >= 0.6 is 15.9 Å². The van der Waals surface area contributed by atoms with Gasteiger partial charge in [0.15, 0.2) is 0 Å². The lowest BCUT2D eigenvalue weighted by Gasteiger charge is -2.33. The van der Waals surface area contributed by atoms with E-state index in [1.165, 1.54) is 0 Å². The van der Waals surface area contributed by atoms with Crippen molar-refractivity contribution >= 4 is 32.7 Å². The molecular formula is C20H19BrN2O2. The summed E-state index contributed by atoms with van der Waals surface area (Å²) in [7, 11) is 0. The number of fused-ring (bicyclic) bond motifs is 1. The number of carbonyl (C=O) groups is 1. The third-order valence-electron chi connectivity index (χ3n) is 4.63. The van der Waals surface area contributed by atoms with Crippen LogP contribution in [0.4, 0.5) is 0 Å². The molecule has 1 aromatic heterocycles. The van der Waals surface area contributed by atoms with Gasteiger partial charge in [0.1, 0.15) is 12.6 Å². The van der Waals surface area contributed by atoms with E-state index in [9.17, 15) is 4.79 Å². The average Bonchev–Trinajstić information content (AvgIpc) is 3.04. The maximum Gasteiger partial charge on any atom is 0.242 e. The van der Waals surface area contributed by atoms with Gasteiger partial charge in [-0.25, -0.2) is 0 Å². The fourth-order valence-corrected chi connectivity index (χ4v) is 3.63. The summed E-state index contributed by atoms with van der Waals surface area (Å²) in [5, 5.41) is 1.14. The van der Waals surface area contributed by atoms with Gasteiger partial charge in [-0.15, -0.1) is 0 Å². The zero-order chi connectivity index (χ0) is 17.2. The molecule has 1 amide bonds. The number of nitrogens with zero attached hydrogens (tertiary/aromatic N) is 2. The number of ether oxygens (including phenoxy) is 1. The van der Waals surface area contributed by atoms with E-state index in [1.54, 1.807) is 0 Å². The van der Waals surface area contributed by atoms with Gasteiger partial charge in [0.05, 0.1) is 13.2 Å². The summed E-state index contributed by atoms with van der Waals surface area (Å²) in [6.07, 6.45) is 1.93. The number of hydrogen-bond acceptors (Lipinski definition) is 2. The van der Waals surface area contributed by atoms with Gasteiger partial charge in [0.25, 0.3) is 0 Å². The van der Waals surface area contributed by atoms with E-state index >= 15 is 0 Å². The number of halogens is 1. The van der Waals surface area contributed by atoms with Crippen LogP contribution in [0.5, 0.6) is 0 Å². The Morgan fingerprint density at radius 2 is 2.00 bits per heavy atom. The van der Waals surface area contributed by atoms with Gasteiger partial charge in [-0.3, -0.25) is 4.79 Å². The molecule has 0 unspecified atom stereocenters. The predicted molar refractivity (Wildman–Crippen MR) is 101 cm³/mol. The highest BCUT2D eigenvalue weighted by Crippen LogP contribution is 2.24. The van der Waals surface area contributed by atoms with E-state index in [4.69, 9.17) is 4.74 Å². The molecule has 1 aliphatic rings. The normalized spacial score (nSPS) is 17.8. The molecule has 2 heterocycles. The number of benzene rings is 2. The Morgan fingerprint density at radius 1 is 1.16 bits per heavy atom. The van der Waals surface area contributed by atoms with E-state index < -0.39 is 0 Å². The molecule has 0 bridgehead atoms. The fraction of sp³-hybridized carbons (Fsp3) is 0.250. The first kappa shape index (κ1) is 16.4. The van der Waals surface area contributed by atoms with E-state index in [0.29, 0.717) is 26.2 Å². The predicted octanol–water partition coefficient (Wildman–Crippen LogP) is 4.00. The van der Waals surface area contributed by atoms with Crippen molar-refractivity contribution in [2.24, 2.45) is 0 Å². The molecule has 1 fully saturated rings. The Bertz CT molecular complexity index is 891. The summed E-state index contributed by atoms with van der Waals surface area (Å²) >= 11 is 3.50. The van der Waals surface area contributed by atoms with Crippen LogP contribution in [-0.4, -0.2) is 35.1 Å².